The molecular formula is C52H56N2S. The van der Waals surface area contributed by atoms with E-state index in [-0.39, 0.29) is 0 Å². The Kier molecular flexibility index (Phi) is 18.0. The molecule has 0 spiro atoms. The molecule has 7 rings (SSSR count). The van der Waals surface area contributed by atoms with Gasteiger partial charge in [0.1, 0.15) is 0 Å². The van der Waals surface area contributed by atoms with Crippen LogP contribution in [0, 0.1) is 0 Å². The van der Waals surface area contributed by atoms with E-state index in [1.54, 1.807) is 0 Å². The molecule has 1 N–H and O–H groups in total. The molecule has 0 saturated carbocycles. The van der Waals surface area contributed by atoms with Crippen molar-refractivity contribution in [3.63, 3.8) is 0 Å². The number of fused-ring (bicyclic) bond motifs is 3. The SMILES string of the molecule is C1=CCCC=C1.C=C/C=C(\C=C/N(C)c1ccccc1)c1ccc2sc3ccc(/C(=C/C=C)CCC)cc3c2c1.CC.c1ccc(Nc2ccccc2)cc1. The van der Waals surface area contributed by atoms with Gasteiger partial charge < -0.3 is 10.2 Å². The monoisotopic (exact) mass is 740 g/mol. The van der Waals surface area contributed by atoms with Crippen molar-refractivity contribution in [3.05, 3.63) is 213 Å². The predicted octanol–water partition coefficient (Wildman–Crippen LogP) is 16.0. The summed E-state index contributed by atoms with van der Waals surface area (Å²) < 4.78 is 2.63. The van der Waals surface area contributed by atoms with Gasteiger partial charge in [-0.3, -0.25) is 0 Å². The molecule has 6 aromatic rings. The molecule has 3 heteroatoms. The van der Waals surface area contributed by atoms with Crippen LogP contribution in [-0.4, -0.2) is 7.05 Å². The van der Waals surface area contributed by atoms with Gasteiger partial charge in [0, 0.05) is 50.5 Å². The van der Waals surface area contributed by atoms with Gasteiger partial charge in [0.25, 0.3) is 0 Å². The van der Waals surface area contributed by atoms with Gasteiger partial charge in [-0.2, -0.15) is 0 Å². The smallest absolute Gasteiger partial charge is 0.0403 e. The lowest BCUT2D eigenvalue weighted by atomic mass is 9.97. The third-order valence-corrected chi connectivity index (χ3v) is 9.82. The highest BCUT2D eigenvalue weighted by molar-refractivity contribution is 7.25. The lowest BCUT2D eigenvalue weighted by Gasteiger charge is -2.14. The Morgan fingerprint density at radius 3 is 1.67 bits per heavy atom. The van der Waals surface area contributed by atoms with Gasteiger partial charge >= 0.3 is 0 Å². The molecule has 0 atom stereocenters. The van der Waals surface area contributed by atoms with Crippen LogP contribution in [0.15, 0.2) is 201 Å². The van der Waals surface area contributed by atoms with Crippen molar-refractivity contribution in [2.24, 2.45) is 0 Å². The van der Waals surface area contributed by atoms with Crippen molar-refractivity contribution in [1.82, 2.24) is 0 Å². The lowest BCUT2D eigenvalue weighted by molar-refractivity contribution is 0.974. The second-order valence-corrected chi connectivity index (χ2v) is 13.7. The number of anilines is 3. The Morgan fingerprint density at radius 2 is 1.18 bits per heavy atom. The van der Waals surface area contributed by atoms with Crippen molar-refractivity contribution < 1.29 is 0 Å². The molecule has 1 heterocycles. The van der Waals surface area contributed by atoms with Crippen molar-refractivity contribution in [1.29, 1.82) is 0 Å². The Hall–Kier alpha value is -5.90. The normalized spacial score (nSPS) is 12.1. The van der Waals surface area contributed by atoms with E-state index in [1.165, 1.54) is 49.7 Å². The Labute approximate surface area is 334 Å². The molecule has 0 unspecified atom stereocenters. The van der Waals surface area contributed by atoms with Gasteiger partial charge in [0.15, 0.2) is 0 Å². The fourth-order valence-corrected chi connectivity index (χ4v) is 7.03. The zero-order valence-corrected chi connectivity index (χ0v) is 33.8. The van der Waals surface area contributed by atoms with Crippen molar-refractivity contribution in [2.45, 2.75) is 46.5 Å². The number of nitrogens with zero attached hydrogens (tertiary/aromatic N) is 1. The molecular weight excluding hydrogens is 685 g/mol. The highest BCUT2D eigenvalue weighted by Gasteiger charge is 2.10. The fourth-order valence-electron chi connectivity index (χ4n) is 5.96. The van der Waals surface area contributed by atoms with Crippen molar-refractivity contribution in [3.8, 4) is 0 Å². The molecule has 280 valence electrons. The second-order valence-electron chi connectivity index (χ2n) is 12.6. The maximum absolute atomic E-state index is 3.94. The van der Waals surface area contributed by atoms with Crippen LogP contribution in [0.3, 0.4) is 0 Å². The van der Waals surface area contributed by atoms with Crippen LogP contribution in [0.4, 0.5) is 17.1 Å². The largest absolute Gasteiger partial charge is 0.356 e. The summed E-state index contributed by atoms with van der Waals surface area (Å²) in [6.07, 6.45) is 25.4. The summed E-state index contributed by atoms with van der Waals surface area (Å²) >= 11 is 1.85. The zero-order valence-electron chi connectivity index (χ0n) is 33.0. The molecule has 0 bridgehead atoms. The molecule has 1 aliphatic carbocycles. The van der Waals surface area contributed by atoms with E-state index in [2.05, 4.69) is 147 Å². The molecule has 0 radical (unpaired) electrons. The molecule has 1 aromatic heterocycles. The van der Waals surface area contributed by atoms with Crippen LogP contribution >= 0.6 is 11.3 Å². The van der Waals surface area contributed by atoms with E-state index in [1.807, 2.05) is 104 Å². The maximum atomic E-state index is 3.94. The number of para-hydroxylation sites is 3. The first-order valence-electron chi connectivity index (χ1n) is 19.4. The summed E-state index contributed by atoms with van der Waals surface area (Å²) in [6.45, 7) is 14.1. The number of rotatable bonds is 11. The van der Waals surface area contributed by atoms with Gasteiger partial charge in [-0.05, 0) is 108 Å². The van der Waals surface area contributed by atoms with Gasteiger partial charge in [-0.25, -0.2) is 0 Å². The van der Waals surface area contributed by atoms with Gasteiger partial charge in [0.2, 0.25) is 0 Å². The van der Waals surface area contributed by atoms with E-state index in [4.69, 9.17) is 0 Å². The zero-order chi connectivity index (χ0) is 39.1. The third-order valence-electron chi connectivity index (χ3n) is 8.67. The molecule has 0 fully saturated rings. The quantitative estimate of drug-likeness (QED) is 0.133. The molecule has 5 aromatic carbocycles. The van der Waals surface area contributed by atoms with Crippen molar-refractivity contribution in [2.75, 3.05) is 17.3 Å². The summed E-state index contributed by atoms with van der Waals surface area (Å²) in [5.74, 6) is 0. The van der Waals surface area contributed by atoms with Crippen LogP contribution in [-0.2, 0) is 0 Å². The van der Waals surface area contributed by atoms with Crippen LogP contribution in [0.25, 0.3) is 31.3 Å². The summed E-state index contributed by atoms with van der Waals surface area (Å²) in [5, 5.41) is 5.92. The summed E-state index contributed by atoms with van der Waals surface area (Å²) in [7, 11) is 2.07. The van der Waals surface area contributed by atoms with Crippen LogP contribution < -0.4 is 10.2 Å². The topological polar surface area (TPSA) is 15.3 Å². The lowest BCUT2D eigenvalue weighted by Crippen LogP contribution is -2.07. The van der Waals surface area contributed by atoms with E-state index in [0.29, 0.717) is 0 Å². The number of allylic oxidation sites excluding steroid dienone is 11. The standard InChI is InChI=1S/C32H31NS.C12H11N.C6H8.C2H6/c1-5-11-24(12-6-2)26-16-18-31-29(22-26)30-23-27(17-19-32(30)34-31)25(13-7-3)20-21-33(4)28-14-9-8-10-15-28;1-3-7-11(8-4-1)13-12-9-5-2-6-10-12;1-2-4-6-5-3-1;1-2/h5,7-11,13-23H,1,3,6,12H2,2,4H3;1-10,13H;1-4H,5-6H2;1-2H3/b21-20-,24-11+,25-13+;;;. The van der Waals surface area contributed by atoms with Crippen molar-refractivity contribution >= 4 is 59.7 Å². The van der Waals surface area contributed by atoms with E-state index in [9.17, 15) is 0 Å². The van der Waals surface area contributed by atoms with Gasteiger partial charge in [0.05, 0.1) is 0 Å². The molecule has 0 amide bonds. The maximum Gasteiger partial charge on any atom is 0.0403 e. The second kappa shape index (κ2) is 23.7. The molecule has 2 nitrogen and oxygen atoms in total. The average molecular weight is 741 g/mol. The summed E-state index contributed by atoms with van der Waals surface area (Å²) in [5.41, 5.74) is 8.33. The number of nitrogens with one attached hydrogen (secondary N) is 1. The van der Waals surface area contributed by atoms with Crippen LogP contribution in [0.2, 0.25) is 0 Å². The highest BCUT2D eigenvalue weighted by Crippen LogP contribution is 2.37. The predicted molar refractivity (Wildman–Crippen MR) is 250 cm³/mol. The number of hydrogen-bond donors (Lipinski definition) is 1. The van der Waals surface area contributed by atoms with E-state index in [0.717, 1.165) is 35.5 Å². The third kappa shape index (κ3) is 13.2. The Morgan fingerprint density at radius 1 is 0.673 bits per heavy atom. The van der Waals surface area contributed by atoms with Crippen LogP contribution in [0.5, 0.6) is 0 Å². The van der Waals surface area contributed by atoms with Gasteiger partial charge in [-0.15, -0.1) is 11.3 Å². The molecule has 0 aliphatic heterocycles. The first-order valence-corrected chi connectivity index (χ1v) is 20.2. The first-order chi connectivity index (χ1) is 27.1. The minimum Gasteiger partial charge on any atom is -0.356 e. The van der Waals surface area contributed by atoms with Gasteiger partial charge in [-0.1, -0.05) is 156 Å². The summed E-state index contributed by atoms with van der Waals surface area (Å²) in [4.78, 5) is 2.13. The average Bonchev–Trinajstić information content (AvgIpc) is 3.62. The highest BCUT2D eigenvalue weighted by atomic mass is 32.1. The molecule has 55 heavy (non-hydrogen) atoms. The first kappa shape index (κ1) is 41.9. The van der Waals surface area contributed by atoms with E-state index >= 15 is 0 Å². The fraction of sp³-hybridized carbons (Fsp3) is 0.154. The number of thiophene rings is 1. The Bertz CT molecular complexity index is 2150. The molecule has 0 saturated heterocycles. The minimum atomic E-state index is 1.05. The van der Waals surface area contributed by atoms with Crippen LogP contribution in [0.1, 0.15) is 57.6 Å². The number of benzene rings is 5. The molecule has 1 aliphatic rings. The Balaban J connectivity index is 0.000000259. The minimum absolute atomic E-state index is 1.05. The number of hydrogen-bond acceptors (Lipinski definition) is 3. The van der Waals surface area contributed by atoms with E-state index < -0.39 is 0 Å². The summed E-state index contributed by atoms with van der Waals surface area (Å²) in [6, 6.07) is 44.3.